The molecule has 0 aliphatic carbocycles. The van der Waals surface area contributed by atoms with E-state index in [4.69, 9.17) is 44.9 Å². The Morgan fingerprint density at radius 3 is 0.625 bits per heavy atom. The third kappa shape index (κ3) is 9.84. The first-order valence-electron chi connectivity index (χ1n) is 29.3. The second-order valence-electron chi connectivity index (χ2n) is 21.7. The summed E-state index contributed by atoms with van der Waals surface area (Å²) in [5, 5.41) is 9.40. The Morgan fingerprint density at radius 2 is 0.341 bits per heavy atom. The van der Waals surface area contributed by atoms with Crippen molar-refractivity contribution in [3.05, 3.63) is 297 Å². The smallest absolute Gasteiger partial charge is 0.164 e. The lowest BCUT2D eigenvalue weighted by Crippen LogP contribution is -2.02. The van der Waals surface area contributed by atoms with Gasteiger partial charge in [0.15, 0.2) is 52.4 Å². The van der Waals surface area contributed by atoms with Gasteiger partial charge in [0.25, 0.3) is 0 Å². The fourth-order valence-electron chi connectivity index (χ4n) is 11.8. The molecule has 0 radical (unpaired) electrons. The van der Waals surface area contributed by atoms with Gasteiger partial charge in [-0.1, -0.05) is 267 Å². The van der Waals surface area contributed by atoms with Crippen molar-refractivity contribution in [1.82, 2.24) is 44.9 Å². The molecule has 0 atom stereocenters. The van der Waals surface area contributed by atoms with Crippen LogP contribution in [0.2, 0.25) is 0 Å². The largest absolute Gasteiger partial charge is 0.208 e. The summed E-state index contributed by atoms with van der Waals surface area (Å²) in [6, 6.07) is 102. The fourth-order valence-corrected chi connectivity index (χ4v) is 11.8. The predicted molar refractivity (Wildman–Crippen MR) is 356 cm³/mol. The van der Waals surface area contributed by atoms with E-state index >= 15 is 0 Å². The van der Waals surface area contributed by atoms with Crippen LogP contribution in [0.3, 0.4) is 0 Å². The zero-order chi connectivity index (χ0) is 58.3. The van der Waals surface area contributed by atoms with E-state index in [2.05, 4.69) is 127 Å². The van der Waals surface area contributed by atoms with Crippen molar-refractivity contribution >= 4 is 43.1 Å². The summed E-state index contributed by atoms with van der Waals surface area (Å²) in [7, 11) is 0. The van der Waals surface area contributed by atoms with Gasteiger partial charge in [0.2, 0.25) is 0 Å². The van der Waals surface area contributed by atoms with E-state index in [-0.39, 0.29) is 0 Å². The Kier molecular flexibility index (Phi) is 13.0. The standard InChI is InChI=1S/C79H49N9/c1-5-21-50(22-6-1)71-80-72(51-23-7-2-8-24-51)83-75(82-71)54-37-41-56(42-38-54)77-86-78(57-43-39-55(40-44-57)76-84-73(52-25-9-3-10-26-52)81-74(85-76)53-27-11-4-12-28-53)88-79(87-77)62-46-60(69-48-58-29-13-15-31-63(58)65-33-17-19-35-67(65)69)45-61(47-62)70-49-59-30-14-16-32-64(59)66-34-18-20-36-68(66)70/h1-49H. The van der Waals surface area contributed by atoms with E-state index in [9.17, 15) is 0 Å². The van der Waals surface area contributed by atoms with Gasteiger partial charge in [0.1, 0.15) is 0 Å². The van der Waals surface area contributed by atoms with Crippen molar-refractivity contribution in [2.24, 2.45) is 0 Å². The molecule has 13 aromatic carbocycles. The Labute approximate surface area is 507 Å². The highest BCUT2D eigenvalue weighted by Gasteiger charge is 2.21. The molecule has 0 fully saturated rings. The van der Waals surface area contributed by atoms with Crippen molar-refractivity contribution in [1.29, 1.82) is 0 Å². The topological polar surface area (TPSA) is 116 Å². The molecule has 0 saturated heterocycles. The fraction of sp³-hybridized carbons (Fsp3) is 0. The van der Waals surface area contributed by atoms with Crippen LogP contribution in [0.5, 0.6) is 0 Å². The van der Waals surface area contributed by atoms with Crippen LogP contribution in [0.1, 0.15) is 0 Å². The molecule has 0 unspecified atom stereocenters. The second kappa shape index (κ2) is 22.2. The van der Waals surface area contributed by atoms with Gasteiger partial charge in [0, 0.05) is 50.1 Å². The highest BCUT2D eigenvalue weighted by molar-refractivity contribution is 6.16. The average molecular weight is 1120 g/mol. The van der Waals surface area contributed by atoms with Crippen LogP contribution in [-0.2, 0) is 0 Å². The monoisotopic (exact) mass is 1120 g/mol. The van der Waals surface area contributed by atoms with E-state index in [1.165, 1.54) is 21.5 Å². The first kappa shape index (κ1) is 51.6. The van der Waals surface area contributed by atoms with Crippen LogP contribution in [-0.4, -0.2) is 44.9 Å². The van der Waals surface area contributed by atoms with Crippen molar-refractivity contribution in [2.45, 2.75) is 0 Å². The first-order chi connectivity index (χ1) is 43.6. The Balaban J connectivity index is 0.886. The molecule has 9 heteroatoms. The molecule has 3 aromatic heterocycles. The highest BCUT2D eigenvalue weighted by Crippen LogP contribution is 2.42. The molecule has 0 aliphatic heterocycles. The molecule has 16 rings (SSSR count). The lowest BCUT2D eigenvalue weighted by atomic mass is 9.88. The maximum atomic E-state index is 5.46. The molecule has 0 saturated carbocycles. The molecule has 3 heterocycles. The molecule has 16 aromatic rings. The van der Waals surface area contributed by atoms with Crippen LogP contribution in [0.25, 0.3) is 168 Å². The lowest BCUT2D eigenvalue weighted by molar-refractivity contribution is 1.07. The molecule has 0 spiro atoms. The number of rotatable bonds is 11. The van der Waals surface area contributed by atoms with Crippen LogP contribution in [0.4, 0.5) is 0 Å². The van der Waals surface area contributed by atoms with E-state index in [1.807, 2.05) is 170 Å². The summed E-state index contributed by atoms with van der Waals surface area (Å²) >= 11 is 0. The van der Waals surface area contributed by atoms with Crippen LogP contribution in [0.15, 0.2) is 297 Å². The minimum atomic E-state index is 0.498. The number of fused-ring (bicyclic) bond motifs is 6. The summed E-state index contributed by atoms with van der Waals surface area (Å²) < 4.78 is 0. The van der Waals surface area contributed by atoms with Crippen LogP contribution >= 0.6 is 0 Å². The first-order valence-corrected chi connectivity index (χ1v) is 29.3. The Morgan fingerprint density at radius 1 is 0.136 bits per heavy atom. The number of aromatic nitrogens is 9. The van der Waals surface area contributed by atoms with Gasteiger partial charge in [-0.15, -0.1) is 0 Å². The van der Waals surface area contributed by atoms with Crippen molar-refractivity contribution < 1.29 is 0 Å². The highest BCUT2D eigenvalue weighted by atomic mass is 15.1. The maximum absolute atomic E-state index is 5.46. The molecule has 0 N–H and O–H groups in total. The lowest BCUT2D eigenvalue weighted by Gasteiger charge is -2.16. The van der Waals surface area contributed by atoms with Crippen LogP contribution < -0.4 is 0 Å². The van der Waals surface area contributed by atoms with E-state index < -0.39 is 0 Å². The van der Waals surface area contributed by atoms with Crippen LogP contribution in [0, 0.1) is 0 Å². The molecule has 9 nitrogen and oxygen atoms in total. The zero-order valence-corrected chi connectivity index (χ0v) is 47.3. The van der Waals surface area contributed by atoms with E-state index in [1.54, 1.807) is 0 Å². The van der Waals surface area contributed by atoms with Gasteiger partial charge in [-0.3, -0.25) is 0 Å². The minimum absolute atomic E-state index is 0.498. The number of nitrogens with zero attached hydrogens (tertiary/aromatic N) is 9. The SMILES string of the molecule is c1ccc(-c2nc(-c3ccccc3)nc(-c3ccc(-c4nc(-c5ccc(-c6nc(-c7ccccc7)nc(-c7ccccc7)n6)cc5)nc(-c5cc(-c6cc7ccccc7c7ccccc67)cc(-c6cc7ccccc7c7ccccc67)c5)n4)cc3)n2)cc1. The van der Waals surface area contributed by atoms with Gasteiger partial charge < -0.3 is 0 Å². The molecular weight excluding hydrogens is 1070 g/mol. The minimum Gasteiger partial charge on any atom is -0.208 e. The molecular formula is C79H49N9. The molecule has 88 heavy (non-hydrogen) atoms. The normalized spacial score (nSPS) is 11.4. The van der Waals surface area contributed by atoms with Gasteiger partial charge >= 0.3 is 0 Å². The van der Waals surface area contributed by atoms with Crippen molar-refractivity contribution in [2.75, 3.05) is 0 Å². The number of hydrogen-bond acceptors (Lipinski definition) is 9. The van der Waals surface area contributed by atoms with Crippen molar-refractivity contribution in [3.63, 3.8) is 0 Å². The van der Waals surface area contributed by atoms with Gasteiger partial charge in [-0.2, -0.15) is 0 Å². The van der Waals surface area contributed by atoms with Crippen molar-refractivity contribution in [3.8, 4) is 125 Å². The Bertz CT molecular complexity index is 4860. The molecule has 410 valence electrons. The Hall–Kier alpha value is -12.1. The average Bonchev–Trinajstić information content (AvgIpc) is 1.48. The third-order valence-corrected chi connectivity index (χ3v) is 16.2. The van der Waals surface area contributed by atoms with E-state index in [0.29, 0.717) is 52.4 Å². The predicted octanol–water partition coefficient (Wildman–Crippen LogP) is 19.2. The molecule has 0 bridgehead atoms. The maximum Gasteiger partial charge on any atom is 0.164 e. The number of benzene rings is 13. The van der Waals surface area contributed by atoms with Gasteiger partial charge in [-0.05, 0) is 95.7 Å². The number of hydrogen-bond donors (Lipinski definition) is 0. The van der Waals surface area contributed by atoms with Gasteiger partial charge in [0.05, 0.1) is 0 Å². The quantitative estimate of drug-likeness (QED) is 0.117. The summed E-state index contributed by atoms with van der Waals surface area (Å²) in [5.74, 6) is 4.96. The third-order valence-electron chi connectivity index (χ3n) is 16.2. The second-order valence-corrected chi connectivity index (χ2v) is 21.7. The summed E-state index contributed by atoms with van der Waals surface area (Å²) in [4.78, 5) is 46.3. The molecule has 0 amide bonds. The molecule has 0 aliphatic rings. The van der Waals surface area contributed by atoms with E-state index in [0.717, 1.165) is 93.9 Å². The van der Waals surface area contributed by atoms with Gasteiger partial charge in [-0.25, -0.2) is 44.9 Å². The summed E-state index contributed by atoms with van der Waals surface area (Å²) in [5.41, 5.74) is 11.9. The summed E-state index contributed by atoms with van der Waals surface area (Å²) in [6.07, 6.45) is 0. The zero-order valence-electron chi connectivity index (χ0n) is 47.3. The summed E-state index contributed by atoms with van der Waals surface area (Å²) in [6.45, 7) is 0.